The van der Waals surface area contributed by atoms with Gasteiger partial charge in [-0.2, -0.15) is 5.10 Å². The van der Waals surface area contributed by atoms with Crippen molar-refractivity contribution >= 4 is 18.9 Å². The fourth-order valence-corrected chi connectivity index (χ4v) is 1.33. The van der Waals surface area contributed by atoms with Gasteiger partial charge in [0.25, 0.3) is 0 Å². The molecular weight excluding hydrogens is 216 g/mol. The highest BCUT2D eigenvalue weighted by Crippen LogP contribution is 2.13. The van der Waals surface area contributed by atoms with E-state index in [4.69, 9.17) is 10.1 Å². The fourth-order valence-electron chi connectivity index (χ4n) is 1.33. The molecule has 0 aromatic heterocycles. The molecule has 0 aliphatic rings. The minimum atomic E-state index is 0.566. The molecule has 0 bridgehead atoms. The SMILES string of the molecule is C=NN(Cc1ccc(OC)cc1)C(C)=NC=N. The van der Waals surface area contributed by atoms with E-state index >= 15 is 0 Å². The predicted octanol–water partition coefficient (Wildman–Crippen LogP) is 2.14. The summed E-state index contributed by atoms with van der Waals surface area (Å²) in [5.41, 5.74) is 1.07. The number of aliphatic imine (C=N–C) groups is 1. The number of hydrazone groups is 1. The number of nitrogens with one attached hydrogen (secondary N) is 1. The van der Waals surface area contributed by atoms with Crippen molar-refractivity contribution in [3.05, 3.63) is 29.8 Å². The van der Waals surface area contributed by atoms with Gasteiger partial charge in [0.15, 0.2) is 0 Å². The average molecular weight is 232 g/mol. The van der Waals surface area contributed by atoms with Gasteiger partial charge < -0.3 is 4.74 Å². The van der Waals surface area contributed by atoms with Crippen LogP contribution in [0.5, 0.6) is 5.75 Å². The van der Waals surface area contributed by atoms with Crippen molar-refractivity contribution in [3.63, 3.8) is 0 Å². The van der Waals surface area contributed by atoms with Gasteiger partial charge in [0.05, 0.1) is 13.7 Å². The lowest BCUT2D eigenvalue weighted by atomic mass is 10.2. The van der Waals surface area contributed by atoms with E-state index < -0.39 is 0 Å². The minimum Gasteiger partial charge on any atom is -0.497 e. The molecule has 5 nitrogen and oxygen atoms in total. The zero-order valence-corrected chi connectivity index (χ0v) is 10.1. The van der Waals surface area contributed by atoms with Gasteiger partial charge in [-0.1, -0.05) is 12.1 Å². The Morgan fingerprint density at radius 3 is 2.59 bits per heavy atom. The summed E-state index contributed by atoms with van der Waals surface area (Å²) in [5, 5.41) is 12.4. The van der Waals surface area contributed by atoms with Crippen LogP contribution < -0.4 is 4.74 Å². The Hall–Kier alpha value is -2.17. The normalized spacial score (nSPS) is 10.8. The van der Waals surface area contributed by atoms with Crippen LogP contribution in [-0.4, -0.2) is 31.0 Å². The number of nitrogens with zero attached hydrogens (tertiary/aromatic N) is 3. The van der Waals surface area contributed by atoms with Crippen molar-refractivity contribution < 1.29 is 4.74 Å². The summed E-state index contributed by atoms with van der Waals surface area (Å²) in [4.78, 5) is 3.85. The summed E-state index contributed by atoms with van der Waals surface area (Å²) in [6, 6.07) is 7.68. The molecule has 0 heterocycles. The summed E-state index contributed by atoms with van der Waals surface area (Å²) in [6.07, 6.45) is 0.988. The number of ether oxygens (including phenoxy) is 1. The summed E-state index contributed by atoms with van der Waals surface area (Å²) in [6.45, 7) is 5.84. The largest absolute Gasteiger partial charge is 0.497 e. The molecule has 1 rings (SSSR count). The molecule has 17 heavy (non-hydrogen) atoms. The summed E-state index contributed by atoms with van der Waals surface area (Å²) in [5.74, 6) is 1.45. The first-order valence-corrected chi connectivity index (χ1v) is 5.11. The second-order valence-corrected chi connectivity index (χ2v) is 3.35. The highest BCUT2D eigenvalue weighted by molar-refractivity contribution is 5.86. The van der Waals surface area contributed by atoms with Crippen LogP contribution in [0.3, 0.4) is 0 Å². The Kier molecular flexibility index (Phi) is 4.87. The maximum atomic E-state index is 6.92. The maximum absolute atomic E-state index is 6.92. The van der Waals surface area contributed by atoms with Gasteiger partial charge >= 0.3 is 0 Å². The van der Waals surface area contributed by atoms with E-state index in [-0.39, 0.29) is 0 Å². The Balaban J connectivity index is 2.76. The van der Waals surface area contributed by atoms with E-state index in [0.717, 1.165) is 17.7 Å². The molecule has 1 aromatic rings. The lowest BCUT2D eigenvalue weighted by molar-refractivity contribution is 0.413. The molecule has 0 radical (unpaired) electrons. The van der Waals surface area contributed by atoms with Crippen molar-refractivity contribution in [2.75, 3.05) is 7.11 Å². The standard InChI is InChI=1S/C12H16N4O/c1-10(15-9-13)16(14-2)8-11-4-6-12(17-3)7-5-11/h4-7,9,13H,2,8H2,1,3H3. The van der Waals surface area contributed by atoms with Crippen LogP contribution >= 0.6 is 0 Å². The van der Waals surface area contributed by atoms with Crippen LogP contribution in [0.15, 0.2) is 34.4 Å². The second kappa shape index (κ2) is 6.42. The molecular formula is C12H16N4O. The van der Waals surface area contributed by atoms with Crippen LogP contribution in [0, 0.1) is 5.41 Å². The van der Waals surface area contributed by atoms with Crippen LogP contribution in [0.1, 0.15) is 12.5 Å². The van der Waals surface area contributed by atoms with Crippen molar-refractivity contribution in [1.29, 1.82) is 5.41 Å². The molecule has 0 saturated carbocycles. The van der Waals surface area contributed by atoms with Crippen LogP contribution in [0.25, 0.3) is 0 Å². The summed E-state index contributed by atoms with van der Waals surface area (Å²) in [7, 11) is 1.63. The molecule has 0 amide bonds. The third kappa shape index (κ3) is 3.71. The maximum Gasteiger partial charge on any atom is 0.124 e. The van der Waals surface area contributed by atoms with E-state index in [0.29, 0.717) is 12.4 Å². The molecule has 5 heteroatoms. The molecule has 0 unspecified atom stereocenters. The molecule has 1 aromatic carbocycles. The molecule has 90 valence electrons. The number of hydrogen-bond donors (Lipinski definition) is 1. The first-order valence-electron chi connectivity index (χ1n) is 5.11. The topological polar surface area (TPSA) is 61.0 Å². The van der Waals surface area contributed by atoms with Gasteiger partial charge in [-0.15, -0.1) is 0 Å². The lowest BCUT2D eigenvalue weighted by Gasteiger charge is -2.17. The first kappa shape index (κ1) is 12.9. The highest BCUT2D eigenvalue weighted by atomic mass is 16.5. The van der Waals surface area contributed by atoms with Crippen molar-refractivity contribution in [3.8, 4) is 5.75 Å². The number of rotatable bonds is 5. The number of methoxy groups -OCH3 is 1. The molecule has 1 N–H and O–H groups in total. The quantitative estimate of drug-likeness (QED) is 0.480. The van der Waals surface area contributed by atoms with Gasteiger partial charge in [-0.3, -0.25) is 5.41 Å². The van der Waals surface area contributed by atoms with E-state index in [1.807, 2.05) is 24.3 Å². The average Bonchev–Trinajstić information content (AvgIpc) is 2.37. The van der Waals surface area contributed by atoms with Gasteiger partial charge in [-0.25, -0.2) is 10.0 Å². The predicted molar refractivity (Wildman–Crippen MR) is 70.0 cm³/mol. The Morgan fingerprint density at radius 2 is 2.12 bits per heavy atom. The fraction of sp³-hybridized carbons (Fsp3) is 0.250. The monoisotopic (exact) mass is 232 g/mol. The van der Waals surface area contributed by atoms with Gasteiger partial charge in [-0.05, 0) is 24.6 Å². The third-order valence-corrected chi connectivity index (χ3v) is 2.29. The third-order valence-electron chi connectivity index (χ3n) is 2.29. The van der Waals surface area contributed by atoms with Gasteiger partial charge in [0, 0.05) is 6.72 Å². The van der Waals surface area contributed by atoms with Gasteiger partial charge in [0.2, 0.25) is 0 Å². The first-order chi connectivity index (χ1) is 8.21. The summed E-state index contributed by atoms with van der Waals surface area (Å²) < 4.78 is 5.08. The van der Waals surface area contributed by atoms with E-state index in [1.165, 1.54) is 0 Å². The van der Waals surface area contributed by atoms with Crippen molar-refractivity contribution in [2.45, 2.75) is 13.5 Å². The van der Waals surface area contributed by atoms with E-state index in [9.17, 15) is 0 Å². The van der Waals surface area contributed by atoms with Crippen molar-refractivity contribution in [2.24, 2.45) is 10.1 Å². The van der Waals surface area contributed by atoms with E-state index in [2.05, 4.69) is 16.8 Å². The molecule has 0 aliphatic carbocycles. The zero-order chi connectivity index (χ0) is 12.7. The molecule has 0 aliphatic heterocycles. The van der Waals surface area contributed by atoms with E-state index in [1.54, 1.807) is 19.0 Å². The van der Waals surface area contributed by atoms with Gasteiger partial charge in [0.1, 0.15) is 17.9 Å². The second-order valence-electron chi connectivity index (χ2n) is 3.35. The highest BCUT2D eigenvalue weighted by Gasteiger charge is 2.05. The molecule has 0 atom stereocenters. The number of hydrogen-bond acceptors (Lipinski definition) is 3. The Labute approximate surface area is 101 Å². The minimum absolute atomic E-state index is 0.566. The van der Waals surface area contributed by atoms with Crippen molar-refractivity contribution in [1.82, 2.24) is 5.01 Å². The Morgan fingerprint density at radius 1 is 1.47 bits per heavy atom. The van der Waals surface area contributed by atoms with Crippen LogP contribution in [-0.2, 0) is 6.54 Å². The smallest absolute Gasteiger partial charge is 0.124 e. The lowest BCUT2D eigenvalue weighted by Crippen LogP contribution is -2.22. The molecule has 0 spiro atoms. The molecule has 0 fully saturated rings. The number of benzene rings is 1. The molecule has 0 saturated heterocycles. The summed E-state index contributed by atoms with van der Waals surface area (Å²) >= 11 is 0. The zero-order valence-electron chi connectivity index (χ0n) is 10.1. The number of amidine groups is 1. The Bertz CT molecular complexity index is 411. The van der Waals surface area contributed by atoms with Crippen LogP contribution in [0.2, 0.25) is 0 Å². The van der Waals surface area contributed by atoms with Crippen LogP contribution in [0.4, 0.5) is 0 Å².